The molecule has 70 valence electrons. The van der Waals surface area contributed by atoms with Crippen LogP contribution in [-0.4, -0.2) is 38.3 Å². The van der Waals surface area contributed by atoms with Crippen molar-refractivity contribution in [3.8, 4) is 0 Å². The molecule has 0 radical (unpaired) electrons. The molecule has 12 heavy (non-hydrogen) atoms. The Balaban J connectivity index is 1.90. The fourth-order valence-corrected chi connectivity index (χ4v) is 1.04. The van der Waals surface area contributed by atoms with Crippen LogP contribution >= 0.6 is 0 Å². The van der Waals surface area contributed by atoms with E-state index in [1.54, 1.807) is 0 Å². The summed E-state index contributed by atoms with van der Waals surface area (Å²) in [6, 6.07) is 0.555. The summed E-state index contributed by atoms with van der Waals surface area (Å²) in [6.45, 7) is 5.06. The molecule has 0 aromatic heterocycles. The average Bonchev–Trinajstić information content (AvgIpc) is 1.95. The number of carbonyl (C=O) groups is 1. The fraction of sp³-hybridized carbons (Fsp3) is 0.875. The van der Waals surface area contributed by atoms with Crippen LogP contribution in [0.2, 0.25) is 0 Å². The third-order valence-corrected chi connectivity index (χ3v) is 1.85. The third kappa shape index (κ3) is 3.19. The summed E-state index contributed by atoms with van der Waals surface area (Å²) in [6.07, 6.45) is 0.477. The number of carbonyl (C=O) groups excluding carboxylic acids is 1. The van der Waals surface area contributed by atoms with Gasteiger partial charge >= 0.3 is 5.97 Å². The first-order chi connectivity index (χ1) is 5.83. The molecule has 1 heterocycles. The van der Waals surface area contributed by atoms with Crippen LogP contribution in [0.1, 0.15) is 13.3 Å². The smallest absolute Gasteiger partial charge is 0.307 e. The summed E-state index contributed by atoms with van der Waals surface area (Å²) in [7, 11) is 0. The maximum Gasteiger partial charge on any atom is 0.307 e. The van der Waals surface area contributed by atoms with Crippen LogP contribution < -0.4 is 10.6 Å². The minimum Gasteiger partial charge on any atom is -0.466 e. The molecule has 4 heteroatoms. The zero-order valence-corrected chi connectivity index (χ0v) is 7.43. The molecule has 1 aliphatic heterocycles. The summed E-state index contributed by atoms with van der Waals surface area (Å²) >= 11 is 0. The Bertz CT molecular complexity index is 146. The maximum atomic E-state index is 10.9. The number of ether oxygens (including phenoxy) is 1. The Morgan fingerprint density at radius 3 is 2.92 bits per heavy atom. The van der Waals surface area contributed by atoms with E-state index in [-0.39, 0.29) is 5.97 Å². The van der Waals surface area contributed by atoms with Gasteiger partial charge in [-0.05, 0) is 6.92 Å². The molecule has 0 aromatic carbocycles. The van der Waals surface area contributed by atoms with Gasteiger partial charge in [0.1, 0.15) is 0 Å². The van der Waals surface area contributed by atoms with Crippen molar-refractivity contribution < 1.29 is 9.53 Å². The minimum absolute atomic E-state index is 0.114. The highest BCUT2D eigenvalue weighted by Crippen LogP contribution is 1.91. The van der Waals surface area contributed by atoms with Crippen LogP contribution in [0.4, 0.5) is 0 Å². The van der Waals surface area contributed by atoms with E-state index in [9.17, 15) is 4.79 Å². The van der Waals surface area contributed by atoms with Crippen molar-refractivity contribution in [2.75, 3.05) is 26.2 Å². The SMILES string of the molecule is CCOC(=O)CCNC1CNC1. The monoisotopic (exact) mass is 172 g/mol. The fourth-order valence-electron chi connectivity index (χ4n) is 1.04. The predicted molar refractivity (Wildman–Crippen MR) is 45.9 cm³/mol. The minimum atomic E-state index is -0.114. The van der Waals surface area contributed by atoms with Crippen molar-refractivity contribution in [1.82, 2.24) is 10.6 Å². The molecule has 0 unspecified atom stereocenters. The first kappa shape index (κ1) is 9.48. The number of hydrogen-bond acceptors (Lipinski definition) is 4. The van der Waals surface area contributed by atoms with E-state index in [0.717, 1.165) is 19.6 Å². The zero-order valence-electron chi connectivity index (χ0n) is 7.43. The largest absolute Gasteiger partial charge is 0.466 e. The van der Waals surface area contributed by atoms with Crippen molar-refractivity contribution in [3.05, 3.63) is 0 Å². The van der Waals surface area contributed by atoms with Crippen molar-refractivity contribution in [1.29, 1.82) is 0 Å². The zero-order chi connectivity index (χ0) is 8.81. The van der Waals surface area contributed by atoms with E-state index in [0.29, 0.717) is 19.1 Å². The summed E-state index contributed by atoms with van der Waals surface area (Å²) in [5.74, 6) is -0.114. The van der Waals surface area contributed by atoms with Crippen LogP contribution in [0.5, 0.6) is 0 Å². The van der Waals surface area contributed by atoms with Gasteiger partial charge in [0.2, 0.25) is 0 Å². The van der Waals surface area contributed by atoms with Gasteiger partial charge in [-0.2, -0.15) is 0 Å². The van der Waals surface area contributed by atoms with E-state index < -0.39 is 0 Å². The lowest BCUT2D eigenvalue weighted by Gasteiger charge is -2.27. The van der Waals surface area contributed by atoms with Crippen LogP contribution in [0, 0.1) is 0 Å². The Morgan fingerprint density at radius 1 is 1.67 bits per heavy atom. The van der Waals surface area contributed by atoms with E-state index >= 15 is 0 Å². The van der Waals surface area contributed by atoms with E-state index in [2.05, 4.69) is 10.6 Å². The molecule has 0 saturated carbocycles. The van der Waals surface area contributed by atoms with Crippen LogP contribution in [0.3, 0.4) is 0 Å². The van der Waals surface area contributed by atoms with Gasteiger partial charge in [-0.3, -0.25) is 4.79 Å². The van der Waals surface area contributed by atoms with E-state index in [1.165, 1.54) is 0 Å². The molecule has 0 aliphatic carbocycles. The Kier molecular flexibility index (Phi) is 4.04. The molecule has 0 amide bonds. The second kappa shape index (κ2) is 5.11. The lowest BCUT2D eigenvalue weighted by Crippen LogP contribution is -2.55. The van der Waals surface area contributed by atoms with Crippen molar-refractivity contribution in [2.45, 2.75) is 19.4 Å². The molecule has 0 bridgehead atoms. The summed E-state index contributed by atoms with van der Waals surface area (Å²) in [5, 5.41) is 6.39. The molecule has 0 aromatic rings. The van der Waals surface area contributed by atoms with Gasteiger partial charge < -0.3 is 15.4 Å². The molecular formula is C8H16N2O2. The molecule has 1 saturated heterocycles. The number of rotatable bonds is 5. The second-order valence-corrected chi connectivity index (χ2v) is 2.86. The molecule has 4 nitrogen and oxygen atoms in total. The standard InChI is InChI=1S/C8H16N2O2/c1-2-12-8(11)3-4-10-7-5-9-6-7/h7,9-10H,2-6H2,1H3. The van der Waals surface area contributed by atoms with Gasteiger partial charge in [0.15, 0.2) is 0 Å². The molecule has 2 N–H and O–H groups in total. The van der Waals surface area contributed by atoms with Gasteiger partial charge in [-0.15, -0.1) is 0 Å². The Morgan fingerprint density at radius 2 is 2.42 bits per heavy atom. The van der Waals surface area contributed by atoms with Crippen LogP contribution in [0.15, 0.2) is 0 Å². The lowest BCUT2D eigenvalue weighted by molar-refractivity contribution is -0.143. The third-order valence-electron chi connectivity index (χ3n) is 1.85. The quantitative estimate of drug-likeness (QED) is 0.549. The van der Waals surface area contributed by atoms with E-state index in [4.69, 9.17) is 4.74 Å². The van der Waals surface area contributed by atoms with Crippen molar-refractivity contribution in [3.63, 3.8) is 0 Å². The molecule has 0 spiro atoms. The molecule has 0 atom stereocenters. The summed E-state index contributed by atoms with van der Waals surface area (Å²) in [5.41, 5.74) is 0. The van der Waals surface area contributed by atoms with Gasteiger partial charge in [0.05, 0.1) is 13.0 Å². The highest BCUT2D eigenvalue weighted by Gasteiger charge is 2.15. The van der Waals surface area contributed by atoms with Gasteiger partial charge in [0, 0.05) is 25.7 Å². The number of nitrogens with one attached hydrogen (secondary N) is 2. The van der Waals surface area contributed by atoms with E-state index in [1.807, 2.05) is 6.92 Å². The van der Waals surface area contributed by atoms with Crippen LogP contribution in [-0.2, 0) is 9.53 Å². The average molecular weight is 172 g/mol. The highest BCUT2D eigenvalue weighted by molar-refractivity contribution is 5.69. The summed E-state index contributed by atoms with van der Waals surface area (Å²) < 4.78 is 4.78. The molecule has 1 aliphatic rings. The molecule has 1 fully saturated rings. The van der Waals surface area contributed by atoms with Gasteiger partial charge in [-0.1, -0.05) is 0 Å². The van der Waals surface area contributed by atoms with Crippen molar-refractivity contribution in [2.24, 2.45) is 0 Å². The normalized spacial score (nSPS) is 17.1. The predicted octanol–water partition coefficient (Wildman–Crippen LogP) is -0.499. The highest BCUT2D eigenvalue weighted by atomic mass is 16.5. The number of hydrogen-bond donors (Lipinski definition) is 2. The Labute approximate surface area is 72.7 Å². The first-order valence-electron chi connectivity index (χ1n) is 4.42. The number of esters is 1. The second-order valence-electron chi connectivity index (χ2n) is 2.86. The lowest BCUT2D eigenvalue weighted by atomic mass is 10.2. The van der Waals surface area contributed by atoms with Crippen molar-refractivity contribution >= 4 is 5.97 Å². The van der Waals surface area contributed by atoms with Gasteiger partial charge in [0.25, 0.3) is 0 Å². The van der Waals surface area contributed by atoms with Crippen LogP contribution in [0.25, 0.3) is 0 Å². The Hall–Kier alpha value is -0.610. The van der Waals surface area contributed by atoms with Gasteiger partial charge in [-0.25, -0.2) is 0 Å². The molecular weight excluding hydrogens is 156 g/mol. The first-order valence-corrected chi connectivity index (χ1v) is 4.42. The maximum absolute atomic E-state index is 10.9. The topological polar surface area (TPSA) is 50.4 Å². The summed E-state index contributed by atoms with van der Waals surface area (Å²) in [4.78, 5) is 10.9. The molecule has 1 rings (SSSR count).